The summed E-state index contributed by atoms with van der Waals surface area (Å²) in [7, 11) is 0. The summed E-state index contributed by atoms with van der Waals surface area (Å²) in [5.74, 6) is 0.0223. The Balaban J connectivity index is 1.99. The van der Waals surface area contributed by atoms with Gasteiger partial charge >= 0.3 is 0 Å². The molecule has 1 unspecified atom stereocenters. The normalized spacial score (nSPS) is 24.4. The third-order valence-electron chi connectivity index (χ3n) is 3.35. The molecule has 1 aromatic rings. The van der Waals surface area contributed by atoms with E-state index in [1.54, 1.807) is 6.20 Å². The van der Waals surface area contributed by atoms with Crippen molar-refractivity contribution in [2.45, 2.75) is 31.8 Å². The highest BCUT2D eigenvalue weighted by atomic mass is 16.5. The highest BCUT2D eigenvalue weighted by molar-refractivity contribution is 5.95. The summed E-state index contributed by atoms with van der Waals surface area (Å²) in [5, 5.41) is 15.1. The summed E-state index contributed by atoms with van der Waals surface area (Å²) in [6.07, 6.45) is 3.84. The number of amidine groups is 1. The van der Waals surface area contributed by atoms with Gasteiger partial charge in [-0.3, -0.25) is 4.98 Å². The molecule has 4 N–H and O–H groups in total. The Labute approximate surface area is 112 Å². The van der Waals surface area contributed by atoms with Gasteiger partial charge in [0.05, 0.1) is 6.61 Å². The predicted octanol–water partition coefficient (Wildman–Crippen LogP) is 0.835. The van der Waals surface area contributed by atoms with Crippen LogP contribution in [0.1, 0.15) is 31.0 Å². The average molecular weight is 264 g/mol. The van der Waals surface area contributed by atoms with Crippen molar-refractivity contribution in [2.24, 2.45) is 10.9 Å². The van der Waals surface area contributed by atoms with Gasteiger partial charge in [-0.2, -0.15) is 0 Å². The number of nitrogens with one attached hydrogen (secondary N) is 1. The van der Waals surface area contributed by atoms with Crippen molar-refractivity contribution in [1.82, 2.24) is 10.3 Å². The fraction of sp³-hybridized carbons (Fsp3) is 0.538. The molecule has 0 radical (unpaired) electrons. The van der Waals surface area contributed by atoms with Crippen LogP contribution >= 0.6 is 0 Å². The van der Waals surface area contributed by atoms with Crippen molar-refractivity contribution in [1.29, 1.82) is 0 Å². The van der Waals surface area contributed by atoms with E-state index < -0.39 is 0 Å². The molecule has 104 valence electrons. The van der Waals surface area contributed by atoms with E-state index in [1.807, 2.05) is 12.1 Å². The molecule has 1 fully saturated rings. The van der Waals surface area contributed by atoms with Crippen molar-refractivity contribution in [3.63, 3.8) is 0 Å². The van der Waals surface area contributed by atoms with Crippen molar-refractivity contribution < 1.29 is 9.94 Å². The lowest BCUT2D eigenvalue weighted by Crippen LogP contribution is -2.48. The van der Waals surface area contributed by atoms with Crippen LogP contribution in [0.3, 0.4) is 0 Å². The smallest absolute Gasteiger partial charge is 0.188 e. The molecule has 6 nitrogen and oxygen atoms in total. The van der Waals surface area contributed by atoms with Crippen LogP contribution in [0.5, 0.6) is 0 Å². The number of oxime groups is 1. The first kappa shape index (κ1) is 13.8. The van der Waals surface area contributed by atoms with E-state index >= 15 is 0 Å². The number of nitrogens with two attached hydrogens (primary N) is 1. The number of aromatic nitrogens is 1. The number of ether oxygens (including phenoxy) is 1. The van der Waals surface area contributed by atoms with Gasteiger partial charge in [0.1, 0.15) is 5.69 Å². The highest BCUT2D eigenvalue weighted by Gasteiger charge is 2.26. The molecule has 0 aliphatic carbocycles. The Morgan fingerprint density at radius 3 is 3.21 bits per heavy atom. The zero-order chi connectivity index (χ0) is 13.7. The van der Waals surface area contributed by atoms with E-state index in [1.165, 1.54) is 0 Å². The maximum absolute atomic E-state index is 8.64. The largest absolute Gasteiger partial charge is 0.409 e. The molecule has 6 heteroatoms. The number of pyridine rings is 1. The lowest BCUT2D eigenvalue weighted by Gasteiger charge is -2.34. The van der Waals surface area contributed by atoms with Crippen LogP contribution in [0, 0.1) is 0 Å². The quantitative estimate of drug-likeness (QED) is 0.324. The van der Waals surface area contributed by atoms with Gasteiger partial charge in [0.15, 0.2) is 5.84 Å². The Morgan fingerprint density at radius 1 is 1.68 bits per heavy atom. The molecule has 2 heterocycles. The number of hydrogen-bond acceptors (Lipinski definition) is 5. The predicted molar refractivity (Wildman–Crippen MR) is 72.0 cm³/mol. The molecule has 0 bridgehead atoms. The molecule has 0 saturated carbocycles. The fourth-order valence-electron chi connectivity index (χ4n) is 2.16. The van der Waals surface area contributed by atoms with Gasteiger partial charge < -0.3 is 21.0 Å². The van der Waals surface area contributed by atoms with Crippen molar-refractivity contribution in [3.8, 4) is 0 Å². The van der Waals surface area contributed by atoms with Crippen LogP contribution in [0.4, 0.5) is 0 Å². The number of nitrogens with zero attached hydrogens (tertiary/aromatic N) is 2. The van der Waals surface area contributed by atoms with Gasteiger partial charge in [-0.05, 0) is 37.5 Å². The van der Waals surface area contributed by atoms with Gasteiger partial charge in [0, 0.05) is 24.9 Å². The van der Waals surface area contributed by atoms with Gasteiger partial charge in [-0.25, -0.2) is 0 Å². The zero-order valence-electron chi connectivity index (χ0n) is 11.1. The summed E-state index contributed by atoms with van der Waals surface area (Å²) >= 11 is 0. The molecule has 1 saturated heterocycles. The van der Waals surface area contributed by atoms with Gasteiger partial charge in [0.25, 0.3) is 0 Å². The fourth-order valence-corrected chi connectivity index (χ4v) is 2.16. The minimum atomic E-state index is 0.0122. The van der Waals surface area contributed by atoms with Crippen molar-refractivity contribution >= 4 is 5.84 Å². The van der Waals surface area contributed by atoms with E-state index in [0.29, 0.717) is 12.2 Å². The Kier molecular flexibility index (Phi) is 4.34. The van der Waals surface area contributed by atoms with Crippen LogP contribution in [0.2, 0.25) is 0 Å². The third kappa shape index (κ3) is 3.65. The van der Waals surface area contributed by atoms with E-state index in [0.717, 1.165) is 31.6 Å². The number of hydrogen-bond donors (Lipinski definition) is 3. The van der Waals surface area contributed by atoms with Crippen molar-refractivity contribution in [2.75, 3.05) is 13.2 Å². The topological polar surface area (TPSA) is 92.8 Å². The summed E-state index contributed by atoms with van der Waals surface area (Å²) in [6.45, 7) is 4.44. The minimum Gasteiger partial charge on any atom is -0.409 e. The Bertz CT molecular complexity index is 456. The van der Waals surface area contributed by atoms with Crippen LogP contribution in [-0.2, 0) is 11.3 Å². The summed E-state index contributed by atoms with van der Waals surface area (Å²) in [5.41, 5.74) is 7.06. The Hall–Kier alpha value is -1.66. The molecule has 1 aliphatic rings. The molecule has 0 spiro atoms. The van der Waals surface area contributed by atoms with Crippen LogP contribution < -0.4 is 11.1 Å². The second-order valence-electron chi connectivity index (χ2n) is 5.10. The summed E-state index contributed by atoms with van der Waals surface area (Å²) in [4.78, 5) is 4.05. The molecule has 19 heavy (non-hydrogen) atoms. The van der Waals surface area contributed by atoms with Crippen LogP contribution in [0.15, 0.2) is 23.5 Å². The molecule has 2 rings (SSSR count). The first-order valence-corrected chi connectivity index (χ1v) is 6.39. The maximum atomic E-state index is 8.64. The van der Waals surface area contributed by atoms with E-state index in [4.69, 9.17) is 15.7 Å². The molecule has 1 aromatic heterocycles. The van der Waals surface area contributed by atoms with Gasteiger partial charge in [0.2, 0.25) is 0 Å². The van der Waals surface area contributed by atoms with E-state index in [-0.39, 0.29) is 11.4 Å². The monoisotopic (exact) mass is 264 g/mol. The van der Waals surface area contributed by atoms with Crippen molar-refractivity contribution in [3.05, 3.63) is 29.6 Å². The molecular formula is C13H20N4O2. The third-order valence-corrected chi connectivity index (χ3v) is 3.35. The molecular weight excluding hydrogens is 244 g/mol. The van der Waals surface area contributed by atoms with E-state index in [9.17, 15) is 0 Å². The first-order valence-electron chi connectivity index (χ1n) is 6.39. The van der Waals surface area contributed by atoms with Crippen LogP contribution in [-0.4, -0.2) is 34.8 Å². The SMILES string of the molecule is CC1(NCc2ccnc(/C(N)=N/O)c2)CCCOC1. The summed E-state index contributed by atoms with van der Waals surface area (Å²) in [6, 6.07) is 3.73. The molecule has 0 amide bonds. The second kappa shape index (κ2) is 5.99. The average Bonchev–Trinajstić information content (AvgIpc) is 2.45. The maximum Gasteiger partial charge on any atom is 0.188 e. The standard InChI is InChI=1S/C13H20N4O2/c1-13(4-2-6-19-9-13)16-8-10-3-5-15-11(7-10)12(14)17-18/h3,5,7,16,18H,2,4,6,8-9H2,1H3,(H2,14,17). The molecule has 1 atom stereocenters. The zero-order valence-corrected chi connectivity index (χ0v) is 11.1. The lowest BCUT2D eigenvalue weighted by atomic mass is 9.94. The second-order valence-corrected chi connectivity index (χ2v) is 5.10. The van der Waals surface area contributed by atoms with Gasteiger partial charge in [-0.1, -0.05) is 5.16 Å². The number of rotatable bonds is 4. The molecule has 1 aliphatic heterocycles. The minimum absolute atomic E-state index is 0.0122. The van der Waals surface area contributed by atoms with Gasteiger partial charge in [-0.15, -0.1) is 0 Å². The highest BCUT2D eigenvalue weighted by Crippen LogP contribution is 2.18. The van der Waals surface area contributed by atoms with E-state index in [2.05, 4.69) is 22.4 Å². The van der Waals surface area contributed by atoms with Crippen LogP contribution in [0.25, 0.3) is 0 Å². The lowest BCUT2D eigenvalue weighted by molar-refractivity contribution is 0.0278. The summed E-state index contributed by atoms with van der Waals surface area (Å²) < 4.78 is 5.51. The Morgan fingerprint density at radius 2 is 2.53 bits per heavy atom. The first-order chi connectivity index (χ1) is 9.13. The molecule has 0 aromatic carbocycles.